The zero-order valence-corrected chi connectivity index (χ0v) is 19.8. The number of benzene rings is 2. The standard InChI is InChI=1S/C28H36O4/c1-5-6-7-8-11-16-32-25(29)24-18-27(30)20-12-9-10-13-21(20)28(24,31)22-15-14-19(17-23(22)27)26(2,3)4/h9-10,12-15,17,24,30-31H,5-8,11,16,18H2,1-4H3. The molecule has 4 heteroatoms. The first-order valence-electron chi connectivity index (χ1n) is 12.0. The second kappa shape index (κ2) is 8.31. The lowest BCUT2D eigenvalue weighted by molar-refractivity contribution is -0.167. The van der Waals surface area contributed by atoms with Crippen molar-refractivity contribution in [3.05, 3.63) is 70.3 Å². The van der Waals surface area contributed by atoms with Crippen molar-refractivity contribution < 1.29 is 19.7 Å². The molecule has 2 aromatic rings. The Morgan fingerprint density at radius 2 is 1.62 bits per heavy atom. The fraction of sp³-hybridized carbons (Fsp3) is 0.536. The predicted molar refractivity (Wildman–Crippen MR) is 125 cm³/mol. The maximum Gasteiger partial charge on any atom is 0.312 e. The first kappa shape index (κ1) is 23.0. The molecule has 0 aromatic heterocycles. The van der Waals surface area contributed by atoms with Gasteiger partial charge >= 0.3 is 5.97 Å². The van der Waals surface area contributed by atoms with Crippen LogP contribution in [0.2, 0.25) is 0 Å². The molecule has 2 N–H and O–H groups in total. The largest absolute Gasteiger partial charge is 0.465 e. The molecular weight excluding hydrogens is 400 g/mol. The van der Waals surface area contributed by atoms with Crippen LogP contribution in [0, 0.1) is 5.92 Å². The van der Waals surface area contributed by atoms with E-state index in [0.29, 0.717) is 28.9 Å². The van der Waals surface area contributed by atoms with Gasteiger partial charge in [-0.2, -0.15) is 0 Å². The van der Waals surface area contributed by atoms with E-state index in [2.05, 4.69) is 27.7 Å². The van der Waals surface area contributed by atoms with Crippen LogP contribution in [0.3, 0.4) is 0 Å². The minimum absolute atomic E-state index is 0.0969. The van der Waals surface area contributed by atoms with Crippen molar-refractivity contribution in [3.8, 4) is 0 Å². The smallest absolute Gasteiger partial charge is 0.312 e. The van der Waals surface area contributed by atoms with Crippen LogP contribution >= 0.6 is 0 Å². The van der Waals surface area contributed by atoms with E-state index in [4.69, 9.17) is 4.74 Å². The van der Waals surface area contributed by atoms with Gasteiger partial charge in [0, 0.05) is 6.42 Å². The summed E-state index contributed by atoms with van der Waals surface area (Å²) in [6.45, 7) is 8.91. The Morgan fingerprint density at radius 3 is 2.31 bits per heavy atom. The molecule has 0 amide bonds. The number of rotatable bonds is 7. The highest BCUT2D eigenvalue weighted by molar-refractivity contribution is 5.79. The first-order valence-corrected chi connectivity index (χ1v) is 12.0. The van der Waals surface area contributed by atoms with Gasteiger partial charge in [-0.1, -0.05) is 95.8 Å². The summed E-state index contributed by atoms with van der Waals surface area (Å²) in [7, 11) is 0. The zero-order valence-electron chi connectivity index (χ0n) is 19.8. The Hall–Kier alpha value is -2.17. The molecule has 0 fully saturated rings. The quantitative estimate of drug-likeness (QED) is 0.456. The van der Waals surface area contributed by atoms with Crippen LogP contribution in [0.15, 0.2) is 42.5 Å². The van der Waals surface area contributed by atoms with Gasteiger partial charge in [0.25, 0.3) is 0 Å². The van der Waals surface area contributed by atoms with Crippen molar-refractivity contribution in [2.45, 2.75) is 82.8 Å². The number of hydrogen-bond acceptors (Lipinski definition) is 4. The SMILES string of the molecule is CCCCCCCOC(=O)C1CC2(O)c3ccccc3C1(O)c1ccc(C(C)(C)C)cc12. The first-order chi connectivity index (χ1) is 15.1. The minimum atomic E-state index is -1.51. The molecule has 32 heavy (non-hydrogen) atoms. The fourth-order valence-corrected chi connectivity index (χ4v) is 5.42. The van der Waals surface area contributed by atoms with E-state index in [9.17, 15) is 15.0 Å². The highest BCUT2D eigenvalue weighted by Crippen LogP contribution is 2.60. The van der Waals surface area contributed by atoms with Crippen molar-refractivity contribution in [1.82, 2.24) is 0 Å². The summed E-state index contributed by atoms with van der Waals surface area (Å²) in [5.74, 6) is -1.27. The Bertz CT molecular complexity index is 1000. The van der Waals surface area contributed by atoms with Crippen LogP contribution in [0.5, 0.6) is 0 Å². The van der Waals surface area contributed by atoms with Gasteiger partial charge in [0.1, 0.15) is 11.2 Å². The fourth-order valence-electron chi connectivity index (χ4n) is 5.42. The highest BCUT2D eigenvalue weighted by Gasteiger charge is 2.62. The van der Waals surface area contributed by atoms with Crippen molar-refractivity contribution >= 4 is 5.97 Å². The van der Waals surface area contributed by atoms with Gasteiger partial charge in [0.15, 0.2) is 0 Å². The zero-order chi connectivity index (χ0) is 23.1. The maximum atomic E-state index is 13.2. The molecule has 2 bridgehead atoms. The number of carbonyl (C=O) groups is 1. The lowest BCUT2D eigenvalue weighted by atomic mass is 9.54. The third kappa shape index (κ3) is 3.58. The number of esters is 1. The third-order valence-electron chi connectivity index (χ3n) is 7.31. The summed E-state index contributed by atoms with van der Waals surface area (Å²) < 4.78 is 5.62. The van der Waals surface area contributed by atoms with Crippen molar-refractivity contribution in [1.29, 1.82) is 0 Å². The topological polar surface area (TPSA) is 66.8 Å². The van der Waals surface area contributed by atoms with Crippen LogP contribution in [-0.2, 0) is 26.1 Å². The summed E-state index contributed by atoms with van der Waals surface area (Å²) in [5.41, 5.74) is 0.760. The molecule has 5 rings (SSSR count). The average Bonchev–Trinajstić information content (AvgIpc) is 2.77. The predicted octanol–water partition coefficient (Wildman–Crippen LogP) is 5.30. The van der Waals surface area contributed by atoms with Crippen molar-refractivity contribution in [2.75, 3.05) is 6.61 Å². The number of aliphatic hydroxyl groups is 2. The van der Waals surface area contributed by atoms with Crippen LogP contribution < -0.4 is 0 Å². The lowest BCUT2D eigenvalue weighted by Gasteiger charge is -2.54. The molecule has 0 saturated carbocycles. The molecule has 3 unspecified atom stereocenters. The Morgan fingerprint density at radius 1 is 0.969 bits per heavy atom. The molecule has 172 valence electrons. The van der Waals surface area contributed by atoms with Gasteiger partial charge in [-0.3, -0.25) is 4.79 Å². The van der Waals surface area contributed by atoms with Crippen molar-refractivity contribution in [3.63, 3.8) is 0 Å². The summed E-state index contributed by atoms with van der Waals surface area (Å²) in [4.78, 5) is 13.2. The molecular formula is C28H36O4. The number of unbranched alkanes of at least 4 members (excludes halogenated alkanes) is 4. The second-order valence-corrected chi connectivity index (χ2v) is 10.5. The van der Waals surface area contributed by atoms with Gasteiger partial charge in [0.2, 0.25) is 0 Å². The van der Waals surface area contributed by atoms with Crippen LogP contribution in [0.4, 0.5) is 0 Å². The maximum absolute atomic E-state index is 13.2. The van der Waals surface area contributed by atoms with Crippen LogP contribution in [-0.4, -0.2) is 22.8 Å². The molecule has 0 saturated heterocycles. The van der Waals surface area contributed by atoms with Crippen LogP contribution in [0.1, 0.15) is 94.0 Å². The van der Waals surface area contributed by atoms with Gasteiger partial charge in [0.05, 0.1) is 12.5 Å². The average molecular weight is 437 g/mol. The third-order valence-corrected chi connectivity index (χ3v) is 7.31. The van der Waals surface area contributed by atoms with E-state index in [0.717, 1.165) is 24.8 Å². The summed E-state index contributed by atoms with van der Waals surface area (Å²) in [5, 5.41) is 24.1. The van der Waals surface area contributed by atoms with Gasteiger partial charge in [-0.05, 0) is 39.7 Å². The summed E-state index contributed by atoms with van der Waals surface area (Å²) in [6.07, 6.45) is 5.47. The number of ether oxygens (including phenoxy) is 1. The number of fused-ring (bicyclic) bond motifs is 1. The molecule has 0 aliphatic heterocycles. The molecule has 4 nitrogen and oxygen atoms in total. The van der Waals surface area contributed by atoms with E-state index in [1.807, 2.05) is 42.5 Å². The van der Waals surface area contributed by atoms with E-state index < -0.39 is 23.1 Å². The monoisotopic (exact) mass is 436 g/mol. The van der Waals surface area contributed by atoms with Crippen LogP contribution in [0.25, 0.3) is 0 Å². The second-order valence-electron chi connectivity index (χ2n) is 10.5. The minimum Gasteiger partial charge on any atom is -0.465 e. The molecule has 2 aromatic carbocycles. The summed E-state index contributed by atoms with van der Waals surface area (Å²) >= 11 is 0. The highest BCUT2D eigenvalue weighted by atomic mass is 16.5. The molecule has 3 aliphatic carbocycles. The van der Waals surface area contributed by atoms with Gasteiger partial charge < -0.3 is 14.9 Å². The van der Waals surface area contributed by atoms with E-state index in [1.165, 1.54) is 12.8 Å². The number of carbonyl (C=O) groups excluding carboxylic acids is 1. The lowest BCUT2D eigenvalue weighted by Crippen LogP contribution is -2.57. The van der Waals surface area contributed by atoms with Gasteiger partial charge in [-0.15, -0.1) is 0 Å². The Balaban J connectivity index is 1.70. The molecule has 0 radical (unpaired) electrons. The molecule has 0 heterocycles. The van der Waals surface area contributed by atoms with Crippen molar-refractivity contribution in [2.24, 2.45) is 5.92 Å². The van der Waals surface area contributed by atoms with E-state index in [-0.39, 0.29) is 11.8 Å². The normalized spacial score (nSPS) is 25.9. The van der Waals surface area contributed by atoms with E-state index in [1.54, 1.807) is 0 Å². The van der Waals surface area contributed by atoms with E-state index >= 15 is 0 Å². The number of hydrogen-bond donors (Lipinski definition) is 2. The molecule has 3 atom stereocenters. The molecule has 0 spiro atoms. The van der Waals surface area contributed by atoms with Gasteiger partial charge in [-0.25, -0.2) is 0 Å². The Labute approximate surface area is 191 Å². The molecule has 3 aliphatic rings. The Kier molecular flexibility index (Phi) is 5.98. The summed E-state index contributed by atoms with van der Waals surface area (Å²) in [6, 6.07) is 13.3.